The van der Waals surface area contributed by atoms with E-state index in [2.05, 4.69) is 21.7 Å². The summed E-state index contributed by atoms with van der Waals surface area (Å²) < 4.78 is 6.43. The summed E-state index contributed by atoms with van der Waals surface area (Å²) >= 11 is 0. The lowest BCUT2D eigenvalue weighted by Gasteiger charge is -2.44. The minimum absolute atomic E-state index is 0.119. The van der Waals surface area contributed by atoms with Gasteiger partial charge in [-0.25, -0.2) is 0 Å². The third-order valence-electron chi connectivity index (χ3n) is 6.10. The van der Waals surface area contributed by atoms with Crippen LogP contribution in [-0.2, 0) is 0 Å². The van der Waals surface area contributed by atoms with E-state index in [9.17, 15) is 10.1 Å². The molecular weight excluding hydrogens is 364 g/mol. The zero-order valence-corrected chi connectivity index (χ0v) is 16.0. The van der Waals surface area contributed by atoms with Crippen molar-refractivity contribution < 1.29 is 9.53 Å². The summed E-state index contributed by atoms with van der Waals surface area (Å²) in [6.07, 6.45) is 4.24. The van der Waals surface area contributed by atoms with E-state index in [0.717, 1.165) is 49.1 Å². The van der Waals surface area contributed by atoms with Crippen LogP contribution >= 0.6 is 0 Å². The van der Waals surface area contributed by atoms with Gasteiger partial charge in [0.15, 0.2) is 0 Å². The van der Waals surface area contributed by atoms with E-state index in [1.807, 2.05) is 36.4 Å². The number of carbonyl (C=O) groups excluding carboxylic acids is 1. The number of fused-ring (bicyclic) bond motifs is 2. The zero-order chi connectivity index (χ0) is 19.8. The highest BCUT2D eigenvalue weighted by atomic mass is 16.5. The summed E-state index contributed by atoms with van der Waals surface area (Å²) in [6, 6.07) is 15.5. The predicted octanol–water partition coefficient (Wildman–Crippen LogP) is 3.42. The number of nitriles is 1. The fourth-order valence-corrected chi connectivity index (χ4v) is 4.61. The number of carbonyl (C=O) groups is 1. The minimum atomic E-state index is -0.246. The highest BCUT2D eigenvalue weighted by Crippen LogP contribution is 2.43. The molecule has 1 unspecified atom stereocenters. The van der Waals surface area contributed by atoms with Gasteiger partial charge in [-0.3, -0.25) is 4.79 Å². The molecule has 3 heterocycles. The molecule has 1 spiro atoms. The van der Waals surface area contributed by atoms with Crippen LogP contribution in [0, 0.1) is 11.3 Å². The van der Waals surface area contributed by atoms with Crippen molar-refractivity contribution in [3.63, 3.8) is 0 Å². The molecule has 5 rings (SSSR count). The molecule has 1 fully saturated rings. The lowest BCUT2D eigenvalue weighted by Crippen LogP contribution is -2.51. The van der Waals surface area contributed by atoms with E-state index in [0.29, 0.717) is 16.6 Å². The van der Waals surface area contributed by atoms with Gasteiger partial charge in [-0.1, -0.05) is 30.3 Å². The maximum Gasteiger partial charge on any atom is 0.253 e. The van der Waals surface area contributed by atoms with Gasteiger partial charge >= 0.3 is 0 Å². The normalized spacial score (nSPS) is 19.9. The van der Waals surface area contributed by atoms with Crippen molar-refractivity contribution >= 4 is 16.8 Å². The molecule has 146 valence electrons. The van der Waals surface area contributed by atoms with Crippen molar-refractivity contribution in [3.05, 3.63) is 65.4 Å². The molecule has 3 N–H and O–H groups in total. The Kier molecular flexibility index (Phi) is 4.26. The molecule has 1 aromatic heterocycles. The number of para-hydroxylation sites is 2. The van der Waals surface area contributed by atoms with Gasteiger partial charge in [0.05, 0.1) is 22.7 Å². The number of hydrogen-bond donors (Lipinski definition) is 3. The predicted molar refractivity (Wildman–Crippen MR) is 110 cm³/mol. The van der Waals surface area contributed by atoms with Crippen molar-refractivity contribution in [1.29, 1.82) is 5.26 Å². The van der Waals surface area contributed by atoms with E-state index in [1.165, 1.54) is 0 Å². The van der Waals surface area contributed by atoms with Gasteiger partial charge in [0.1, 0.15) is 17.4 Å². The van der Waals surface area contributed by atoms with Crippen LogP contribution in [0.15, 0.2) is 48.7 Å². The molecule has 2 aromatic carbocycles. The van der Waals surface area contributed by atoms with E-state index in [-0.39, 0.29) is 17.6 Å². The number of aromatic amines is 1. The molecular formula is C23H22N4O2. The summed E-state index contributed by atoms with van der Waals surface area (Å²) in [5.74, 6) is 0.712. The Labute approximate surface area is 168 Å². The van der Waals surface area contributed by atoms with E-state index < -0.39 is 0 Å². The molecule has 1 amide bonds. The Morgan fingerprint density at radius 3 is 2.83 bits per heavy atom. The first kappa shape index (κ1) is 17.8. The Morgan fingerprint density at radius 2 is 2.00 bits per heavy atom. The van der Waals surface area contributed by atoms with E-state index >= 15 is 0 Å². The van der Waals surface area contributed by atoms with Crippen molar-refractivity contribution in [1.82, 2.24) is 15.6 Å². The van der Waals surface area contributed by atoms with Crippen LogP contribution in [0.25, 0.3) is 10.9 Å². The molecule has 0 radical (unpaired) electrons. The van der Waals surface area contributed by atoms with Gasteiger partial charge in [-0.05, 0) is 38.1 Å². The third-order valence-corrected chi connectivity index (χ3v) is 6.10. The molecule has 2 aliphatic rings. The van der Waals surface area contributed by atoms with Crippen LogP contribution < -0.4 is 15.4 Å². The number of H-pyrrole nitrogens is 1. The minimum Gasteiger partial charge on any atom is -0.487 e. The number of rotatable bonds is 2. The molecule has 6 nitrogen and oxygen atoms in total. The van der Waals surface area contributed by atoms with Gasteiger partial charge in [0.2, 0.25) is 0 Å². The number of aromatic nitrogens is 1. The van der Waals surface area contributed by atoms with Crippen LogP contribution in [0.5, 0.6) is 5.75 Å². The Morgan fingerprint density at radius 1 is 1.17 bits per heavy atom. The molecule has 1 atom stereocenters. The maximum absolute atomic E-state index is 13.2. The monoisotopic (exact) mass is 386 g/mol. The van der Waals surface area contributed by atoms with Crippen molar-refractivity contribution in [2.45, 2.75) is 30.9 Å². The second-order valence-corrected chi connectivity index (χ2v) is 7.85. The fraction of sp³-hybridized carbons (Fsp3) is 0.304. The largest absolute Gasteiger partial charge is 0.487 e. The molecule has 0 bridgehead atoms. The van der Waals surface area contributed by atoms with Crippen molar-refractivity contribution in [2.24, 2.45) is 0 Å². The van der Waals surface area contributed by atoms with Gasteiger partial charge in [0, 0.05) is 23.6 Å². The third kappa shape index (κ3) is 3.04. The van der Waals surface area contributed by atoms with Gasteiger partial charge < -0.3 is 20.4 Å². The number of nitrogens with one attached hydrogen (secondary N) is 3. The Bertz CT molecular complexity index is 1120. The summed E-state index contributed by atoms with van der Waals surface area (Å²) in [6.45, 7) is 1.84. The highest BCUT2D eigenvalue weighted by molar-refractivity contribution is 6.07. The number of hydrogen-bond acceptors (Lipinski definition) is 4. The highest BCUT2D eigenvalue weighted by Gasteiger charge is 2.42. The molecule has 0 saturated carbocycles. The first-order chi connectivity index (χ1) is 14.2. The van der Waals surface area contributed by atoms with Crippen molar-refractivity contribution in [3.8, 4) is 11.8 Å². The first-order valence-electron chi connectivity index (χ1n) is 9.99. The van der Waals surface area contributed by atoms with Gasteiger partial charge in [0.25, 0.3) is 5.91 Å². The molecule has 0 aliphatic carbocycles. The summed E-state index contributed by atoms with van der Waals surface area (Å²) in [7, 11) is 0. The topological polar surface area (TPSA) is 89.9 Å². The van der Waals surface area contributed by atoms with Crippen LogP contribution in [0.1, 0.15) is 46.8 Å². The van der Waals surface area contributed by atoms with Gasteiger partial charge in [-0.15, -0.1) is 0 Å². The summed E-state index contributed by atoms with van der Waals surface area (Å²) in [5, 5.41) is 16.7. The number of amides is 1. The lowest BCUT2D eigenvalue weighted by molar-refractivity contribution is 0.00366. The Balaban J connectivity index is 1.48. The number of piperidine rings is 1. The lowest BCUT2D eigenvalue weighted by atomic mass is 9.81. The van der Waals surface area contributed by atoms with E-state index in [4.69, 9.17) is 4.74 Å². The van der Waals surface area contributed by atoms with Crippen molar-refractivity contribution in [2.75, 3.05) is 13.1 Å². The fourth-order valence-electron chi connectivity index (χ4n) is 4.61. The number of benzene rings is 2. The molecule has 29 heavy (non-hydrogen) atoms. The van der Waals surface area contributed by atoms with Gasteiger partial charge in [-0.2, -0.15) is 5.26 Å². The van der Waals surface area contributed by atoms with Crippen LogP contribution in [0.4, 0.5) is 0 Å². The smallest absolute Gasteiger partial charge is 0.253 e. The maximum atomic E-state index is 13.2. The van der Waals surface area contributed by atoms with Crippen LogP contribution in [0.2, 0.25) is 0 Å². The standard InChI is InChI=1S/C23H22N4O2/c24-13-15-14-26-21-16(15)5-3-6-18(21)22(28)27-19-12-23(8-10-25-11-9-23)29-20-7-2-1-4-17(19)20/h1-7,14,19,25-26H,8-12H2,(H,27,28). The average Bonchev–Trinajstić information content (AvgIpc) is 3.17. The number of nitrogens with zero attached hydrogens (tertiary/aromatic N) is 1. The summed E-state index contributed by atoms with van der Waals surface area (Å²) in [4.78, 5) is 16.3. The van der Waals surface area contributed by atoms with E-state index in [1.54, 1.807) is 12.3 Å². The number of ether oxygens (including phenoxy) is 1. The van der Waals surface area contributed by atoms with Crippen LogP contribution in [-0.4, -0.2) is 29.6 Å². The average molecular weight is 386 g/mol. The second kappa shape index (κ2) is 6.94. The summed E-state index contributed by atoms with van der Waals surface area (Å²) in [5.41, 5.74) is 2.55. The van der Waals surface area contributed by atoms with Crippen LogP contribution in [0.3, 0.4) is 0 Å². The zero-order valence-electron chi connectivity index (χ0n) is 16.0. The molecule has 6 heteroatoms. The molecule has 2 aliphatic heterocycles. The SMILES string of the molecule is N#Cc1c[nH]c2c(C(=O)NC3CC4(CCNCC4)Oc4ccccc43)cccc12. The molecule has 1 saturated heterocycles. The molecule has 3 aromatic rings. The first-order valence-corrected chi connectivity index (χ1v) is 9.99. The Hall–Kier alpha value is -3.30. The quantitative estimate of drug-likeness (QED) is 0.630. The second-order valence-electron chi connectivity index (χ2n) is 7.85.